The molecule has 0 heterocycles. The van der Waals surface area contributed by atoms with Gasteiger partial charge in [0.15, 0.2) is 0 Å². The van der Waals surface area contributed by atoms with Gasteiger partial charge in [-0.05, 0) is 23.8 Å². The highest BCUT2D eigenvalue weighted by Gasteiger charge is 2.31. The van der Waals surface area contributed by atoms with Crippen molar-refractivity contribution in [3.8, 4) is 16.9 Å². The van der Waals surface area contributed by atoms with Gasteiger partial charge < -0.3 is 9.84 Å². The maximum atomic E-state index is 12.7. The zero-order chi connectivity index (χ0) is 15.6. The first-order valence-corrected chi connectivity index (χ1v) is 5.92. The van der Waals surface area contributed by atoms with E-state index < -0.39 is 17.7 Å². The van der Waals surface area contributed by atoms with Crippen LogP contribution in [0.15, 0.2) is 42.5 Å². The first-order valence-electron chi connectivity index (χ1n) is 5.92. The Morgan fingerprint density at radius 3 is 2.33 bits per heavy atom. The summed E-state index contributed by atoms with van der Waals surface area (Å²) < 4.78 is 43.1. The van der Waals surface area contributed by atoms with E-state index in [-0.39, 0.29) is 11.3 Å². The van der Waals surface area contributed by atoms with Gasteiger partial charge in [0, 0.05) is 5.56 Å². The summed E-state index contributed by atoms with van der Waals surface area (Å²) in [5.74, 6) is -1.19. The van der Waals surface area contributed by atoms with Gasteiger partial charge in [-0.1, -0.05) is 24.3 Å². The molecule has 0 atom stereocenters. The van der Waals surface area contributed by atoms with E-state index >= 15 is 0 Å². The van der Waals surface area contributed by atoms with Crippen molar-refractivity contribution in [1.82, 2.24) is 0 Å². The predicted molar refractivity (Wildman–Crippen MR) is 70.4 cm³/mol. The number of carbonyl (C=O) groups is 1. The fraction of sp³-hybridized carbons (Fsp3) is 0.133. The van der Waals surface area contributed by atoms with Crippen LogP contribution in [0.3, 0.4) is 0 Å². The van der Waals surface area contributed by atoms with Crippen LogP contribution >= 0.6 is 0 Å². The molecular formula is C15H11F3O3. The molecule has 0 aliphatic rings. The molecule has 2 rings (SSSR count). The van der Waals surface area contributed by atoms with Crippen molar-refractivity contribution < 1.29 is 27.8 Å². The van der Waals surface area contributed by atoms with Gasteiger partial charge in [-0.3, -0.25) is 0 Å². The van der Waals surface area contributed by atoms with Crippen LogP contribution in [0.25, 0.3) is 11.1 Å². The Balaban J connectivity index is 2.63. The summed E-state index contributed by atoms with van der Waals surface area (Å²) in [5.41, 5.74) is -0.259. The van der Waals surface area contributed by atoms with Gasteiger partial charge >= 0.3 is 12.1 Å². The summed E-state index contributed by atoms with van der Waals surface area (Å²) in [6.45, 7) is 0. The standard InChI is InChI=1S/C15H11F3O3/c1-21-13-8-9(15(16,17)18)6-7-11(13)10-4-2-3-5-12(10)14(19)20/h2-8H,1H3,(H,19,20). The normalized spacial score (nSPS) is 11.2. The fourth-order valence-electron chi connectivity index (χ4n) is 1.99. The lowest BCUT2D eigenvalue weighted by molar-refractivity contribution is -0.137. The van der Waals surface area contributed by atoms with Crippen LogP contribution in [0.2, 0.25) is 0 Å². The molecule has 110 valence electrons. The average molecular weight is 296 g/mol. The van der Waals surface area contributed by atoms with Gasteiger partial charge in [-0.15, -0.1) is 0 Å². The van der Waals surface area contributed by atoms with Gasteiger partial charge in [0.1, 0.15) is 5.75 Å². The van der Waals surface area contributed by atoms with Crippen molar-refractivity contribution in [2.75, 3.05) is 7.11 Å². The zero-order valence-electron chi connectivity index (χ0n) is 10.9. The number of methoxy groups -OCH3 is 1. The Bertz CT molecular complexity index is 678. The number of hydrogen-bond acceptors (Lipinski definition) is 2. The number of ether oxygens (including phenoxy) is 1. The molecule has 21 heavy (non-hydrogen) atoms. The Kier molecular flexibility index (Phi) is 3.88. The molecule has 6 heteroatoms. The zero-order valence-corrected chi connectivity index (χ0v) is 10.9. The SMILES string of the molecule is COc1cc(C(F)(F)F)ccc1-c1ccccc1C(=O)O. The first kappa shape index (κ1) is 14.9. The van der Waals surface area contributed by atoms with E-state index in [2.05, 4.69) is 0 Å². The highest BCUT2D eigenvalue weighted by atomic mass is 19.4. The minimum atomic E-state index is -4.49. The smallest absolute Gasteiger partial charge is 0.416 e. The fourth-order valence-corrected chi connectivity index (χ4v) is 1.99. The van der Waals surface area contributed by atoms with Gasteiger partial charge in [-0.2, -0.15) is 13.2 Å². The van der Waals surface area contributed by atoms with Crippen LogP contribution in [0.1, 0.15) is 15.9 Å². The predicted octanol–water partition coefficient (Wildman–Crippen LogP) is 4.08. The van der Waals surface area contributed by atoms with Gasteiger partial charge in [0.25, 0.3) is 0 Å². The molecule has 0 radical (unpaired) electrons. The monoisotopic (exact) mass is 296 g/mol. The Labute approximate surface area is 118 Å². The lowest BCUT2D eigenvalue weighted by atomic mass is 9.97. The Hall–Kier alpha value is -2.50. The van der Waals surface area contributed by atoms with Gasteiger partial charge in [-0.25, -0.2) is 4.79 Å². The van der Waals surface area contributed by atoms with E-state index in [0.29, 0.717) is 11.1 Å². The highest BCUT2D eigenvalue weighted by molar-refractivity contribution is 5.97. The molecule has 0 unspecified atom stereocenters. The van der Waals surface area contributed by atoms with Crippen LogP contribution in [0, 0.1) is 0 Å². The molecule has 0 aliphatic heterocycles. The van der Waals surface area contributed by atoms with Gasteiger partial charge in [0.05, 0.1) is 18.2 Å². The summed E-state index contributed by atoms with van der Waals surface area (Å²) in [7, 11) is 1.24. The van der Waals surface area contributed by atoms with E-state index in [1.807, 2.05) is 0 Å². The second-order valence-electron chi connectivity index (χ2n) is 4.26. The van der Waals surface area contributed by atoms with E-state index in [4.69, 9.17) is 9.84 Å². The summed E-state index contributed by atoms with van der Waals surface area (Å²) in [4.78, 5) is 11.2. The molecule has 0 spiro atoms. The quantitative estimate of drug-likeness (QED) is 0.928. The topological polar surface area (TPSA) is 46.5 Å². The van der Waals surface area contributed by atoms with Crippen molar-refractivity contribution in [2.45, 2.75) is 6.18 Å². The maximum Gasteiger partial charge on any atom is 0.416 e. The van der Waals surface area contributed by atoms with Crippen LogP contribution in [-0.4, -0.2) is 18.2 Å². The maximum absolute atomic E-state index is 12.7. The molecule has 0 fully saturated rings. The number of benzene rings is 2. The average Bonchev–Trinajstić information content (AvgIpc) is 2.45. The molecule has 0 amide bonds. The number of carboxylic acids is 1. The summed E-state index contributed by atoms with van der Waals surface area (Å²) >= 11 is 0. The number of hydrogen-bond donors (Lipinski definition) is 1. The molecule has 3 nitrogen and oxygen atoms in total. The lowest BCUT2D eigenvalue weighted by Gasteiger charge is -2.14. The van der Waals surface area contributed by atoms with Crippen LogP contribution in [0.4, 0.5) is 13.2 Å². The molecule has 1 N–H and O–H groups in total. The summed E-state index contributed by atoms with van der Waals surface area (Å²) in [6.07, 6.45) is -4.49. The lowest BCUT2D eigenvalue weighted by Crippen LogP contribution is -2.06. The van der Waals surface area contributed by atoms with Crippen molar-refractivity contribution in [3.63, 3.8) is 0 Å². The van der Waals surface area contributed by atoms with Crippen LogP contribution < -0.4 is 4.74 Å². The Morgan fingerprint density at radius 1 is 1.10 bits per heavy atom. The molecular weight excluding hydrogens is 285 g/mol. The van der Waals surface area contributed by atoms with Crippen molar-refractivity contribution in [2.24, 2.45) is 0 Å². The minimum Gasteiger partial charge on any atom is -0.496 e. The summed E-state index contributed by atoms with van der Waals surface area (Å²) in [6, 6.07) is 9.03. The molecule has 0 aliphatic carbocycles. The molecule has 0 bridgehead atoms. The van der Waals surface area contributed by atoms with E-state index in [1.165, 1.54) is 25.3 Å². The number of rotatable bonds is 3. The molecule has 2 aromatic carbocycles. The van der Waals surface area contributed by atoms with E-state index in [1.54, 1.807) is 12.1 Å². The third-order valence-corrected chi connectivity index (χ3v) is 2.98. The Morgan fingerprint density at radius 2 is 1.76 bits per heavy atom. The second-order valence-corrected chi connectivity index (χ2v) is 4.26. The van der Waals surface area contributed by atoms with E-state index in [0.717, 1.165) is 12.1 Å². The largest absolute Gasteiger partial charge is 0.496 e. The third-order valence-electron chi connectivity index (χ3n) is 2.98. The molecule has 2 aromatic rings. The third kappa shape index (κ3) is 2.99. The molecule has 0 aromatic heterocycles. The number of alkyl halides is 3. The highest BCUT2D eigenvalue weighted by Crippen LogP contribution is 2.38. The number of aromatic carboxylic acids is 1. The van der Waals surface area contributed by atoms with E-state index in [9.17, 15) is 18.0 Å². The summed E-state index contributed by atoms with van der Waals surface area (Å²) in [5, 5.41) is 9.15. The second kappa shape index (κ2) is 5.47. The first-order chi connectivity index (χ1) is 9.84. The molecule has 0 saturated heterocycles. The minimum absolute atomic E-state index is 0.00411. The number of halogens is 3. The van der Waals surface area contributed by atoms with Crippen molar-refractivity contribution >= 4 is 5.97 Å². The van der Waals surface area contributed by atoms with Crippen molar-refractivity contribution in [3.05, 3.63) is 53.6 Å². The molecule has 0 saturated carbocycles. The number of carboxylic acid groups (broad SMARTS) is 1. The van der Waals surface area contributed by atoms with Crippen LogP contribution in [-0.2, 0) is 6.18 Å². The van der Waals surface area contributed by atoms with Crippen LogP contribution in [0.5, 0.6) is 5.75 Å². The van der Waals surface area contributed by atoms with Gasteiger partial charge in [0.2, 0.25) is 0 Å². The van der Waals surface area contributed by atoms with Crippen molar-refractivity contribution in [1.29, 1.82) is 0 Å².